The summed E-state index contributed by atoms with van der Waals surface area (Å²) in [4.78, 5) is 15.5. The van der Waals surface area contributed by atoms with Crippen molar-refractivity contribution in [3.05, 3.63) is 59.4 Å². The first-order valence-corrected chi connectivity index (χ1v) is 11.1. The van der Waals surface area contributed by atoms with Gasteiger partial charge in [-0.3, -0.25) is 9.69 Å². The van der Waals surface area contributed by atoms with Crippen LogP contribution >= 0.6 is 0 Å². The minimum absolute atomic E-state index is 0.0450. The third-order valence-electron chi connectivity index (χ3n) is 6.38. The molecule has 2 aliphatic heterocycles. The van der Waals surface area contributed by atoms with Crippen molar-refractivity contribution in [1.82, 2.24) is 9.91 Å². The first kappa shape index (κ1) is 22.3. The van der Waals surface area contributed by atoms with Crippen LogP contribution < -0.4 is 9.47 Å². The van der Waals surface area contributed by atoms with Crippen molar-refractivity contribution < 1.29 is 18.7 Å². The highest BCUT2D eigenvalue weighted by Crippen LogP contribution is 2.36. The second-order valence-corrected chi connectivity index (χ2v) is 8.58. The number of methoxy groups -OCH3 is 2. The Bertz CT molecular complexity index is 984. The Morgan fingerprint density at radius 2 is 1.81 bits per heavy atom. The Balaban J connectivity index is 1.62. The predicted molar refractivity (Wildman–Crippen MR) is 122 cm³/mol. The zero-order valence-corrected chi connectivity index (χ0v) is 18.9. The van der Waals surface area contributed by atoms with Crippen LogP contribution in [0.25, 0.3) is 0 Å². The molecule has 0 aromatic heterocycles. The highest BCUT2D eigenvalue weighted by molar-refractivity contribution is 6.05. The summed E-state index contributed by atoms with van der Waals surface area (Å²) in [7, 11) is 3.21. The summed E-state index contributed by atoms with van der Waals surface area (Å²) in [6, 6.07) is 11.6. The van der Waals surface area contributed by atoms with Gasteiger partial charge in [-0.05, 0) is 61.7 Å². The predicted octanol–water partition coefficient (Wildman–Crippen LogP) is 4.25. The van der Waals surface area contributed by atoms with Crippen LogP contribution in [-0.2, 0) is 4.79 Å². The molecule has 0 spiro atoms. The summed E-state index contributed by atoms with van der Waals surface area (Å²) < 4.78 is 24.4. The number of ether oxygens (including phenoxy) is 2. The van der Waals surface area contributed by atoms with Gasteiger partial charge in [0.25, 0.3) is 5.91 Å². The van der Waals surface area contributed by atoms with Gasteiger partial charge in [0.2, 0.25) is 0 Å². The van der Waals surface area contributed by atoms with E-state index < -0.39 is 0 Å². The first-order chi connectivity index (χ1) is 15.5. The van der Waals surface area contributed by atoms with Crippen LogP contribution in [0.1, 0.15) is 43.4 Å². The van der Waals surface area contributed by atoms with E-state index in [1.54, 1.807) is 31.4 Å². The van der Waals surface area contributed by atoms with E-state index in [9.17, 15) is 9.18 Å². The summed E-state index contributed by atoms with van der Waals surface area (Å²) in [6.07, 6.45) is 2.73. The molecule has 1 atom stereocenters. The third kappa shape index (κ3) is 4.78. The maximum Gasteiger partial charge on any atom is 0.257 e. The van der Waals surface area contributed by atoms with Crippen LogP contribution in [0.3, 0.4) is 0 Å². The van der Waals surface area contributed by atoms with Gasteiger partial charge in [0.1, 0.15) is 17.3 Å². The molecule has 0 radical (unpaired) electrons. The molecule has 170 valence electrons. The largest absolute Gasteiger partial charge is 0.497 e. The molecule has 2 aromatic carbocycles. The Morgan fingerprint density at radius 3 is 2.47 bits per heavy atom. The topological polar surface area (TPSA) is 54.4 Å². The van der Waals surface area contributed by atoms with Gasteiger partial charge in [-0.25, -0.2) is 9.40 Å². The van der Waals surface area contributed by atoms with Gasteiger partial charge in [0, 0.05) is 18.1 Å². The number of hydrazone groups is 1. The fourth-order valence-electron chi connectivity index (χ4n) is 4.37. The number of piperidine rings is 1. The molecular formula is C25H30FN3O3. The van der Waals surface area contributed by atoms with E-state index in [2.05, 4.69) is 11.8 Å². The molecule has 0 bridgehead atoms. The molecule has 7 heteroatoms. The van der Waals surface area contributed by atoms with Crippen LogP contribution in [0.5, 0.6) is 11.5 Å². The summed E-state index contributed by atoms with van der Waals surface area (Å²) in [5.74, 6) is 1.68. The van der Waals surface area contributed by atoms with Crippen LogP contribution in [0.4, 0.5) is 4.39 Å². The molecule has 0 N–H and O–H groups in total. The second kappa shape index (κ2) is 9.69. The van der Waals surface area contributed by atoms with Gasteiger partial charge in [-0.2, -0.15) is 5.10 Å². The quantitative estimate of drug-likeness (QED) is 0.675. The number of benzene rings is 2. The molecule has 0 aliphatic carbocycles. The molecule has 32 heavy (non-hydrogen) atoms. The van der Waals surface area contributed by atoms with Gasteiger partial charge < -0.3 is 9.47 Å². The fourth-order valence-corrected chi connectivity index (χ4v) is 4.37. The molecule has 1 fully saturated rings. The molecule has 2 aliphatic rings. The van der Waals surface area contributed by atoms with Crippen molar-refractivity contribution in [2.45, 2.75) is 32.2 Å². The lowest BCUT2D eigenvalue weighted by Crippen LogP contribution is -2.41. The Hall–Kier alpha value is -2.93. The lowest BCUT2D eigenvalue weighted by Gasteiger charge is -2.31. The van der Waals surface area contributed by atoms with E-state index in [1.807, 2.05) is 18.2 Å². The summed E-state index contributed by atoms with van der Waals surface area (Å²) in [5.41, 5.74) is 2.44. The summed E-state index contributed by atoms with van der Waals surface area (Å²) in [5, 5.41) is 6.32. The van der Waals surface area contributed by atoms with Gasteiger partial charge in [-0.15, -0.1) is 0 Å². The fraction of sp³-hybridized carbons (Fsp3) is 0.440. The number of halogens is 1. The Kier molecular flexibility index (Phi) is 6.74. The Morgan fingerprint density at radius 1 is 1.09 bits per heavy atom. The molecule has 1 amide bonds. The maximum absolute atomic E-state index is 13.5. The van der Waals surface area contributed by atoms with Crippen molar-refractivity contribution in [2.24, 2.45) is 11.0 Å². The van der Waals surface area contributed by atoms with E-state index in [-0.39, 0.29) is 17.8 Å². The maximum atomic E-state index is 13.5. The van der Waals surface area contributed by atoms with E-state index in [4.69, 9.17) is 14.6 Å². The molecular weight excluding hydrogens is 409 g/mol. The van der Waals surface area contributed by atoms with Crippen molar-refractivity contribution in [2.75, 3.05) is 33.9 Å². The van der Waals surface area contributed by atoms with Gasteiger partial charge in [0.05, 0.1) is 32.5 Å². The van der Waals surface area contributed by atoms with E-state index in [0.29, 0.717) is 30.4 Å². The smallest absolute Gasteiger partial charge is 0.257 e. The summed E-state index contributed by atoms with van der Waals surface area (Å²) in [6.45, 7) is 4.43. The average Bonchev–Trinajstić information content (AvgIpc) is 3.26. The highest BCUT2D eigenvalue weighted by Gasteiger charge is 2.35. The van der Waals surface area contributed by atoms with Crippen LogP contribution in [0, 0.1) is 11.7 Å². The lowest BCUT2D eigenvalue weighted by molar-refractivity contribution is -0.134. The number of amides is 1. The number of hydrogen-bond acceptors (Lipinski definition) is 5. The molecule has 1 saturated heterocycles. The first-order valence-electron chi connectivity index (χ1n) is 11.1. The lowest BCUT2D eigenvalue weighted by atomic mass is 9.97. The summed E-state index contributed by atoms with van der Waals surface area (Å²) >= 11 is 0. The van der Waals surface area contributed by atoms with Crippen molar-refractivity contribution in [3.8, 4) is 11.5 Å². The van der Waals surface area contributed by atoms with E-state index >= 15 is 0 Å². The molecule has 2 heterocycles. The van der Waals surface area contributed by atoms with Gasteiger partial charge >= 0.3 is 0 Å². The molecule has 1 unspecified atom stereocenters. The third-order valence-corrected chi connectivity index (χ3v) is 6.38. The number of nitrogens with zero attached hydrogens (tertiary/aromatic N) is 3. The van der Waals surface area contributed by atoms with Crippen molar-refractivity contribution in [3.63, 3.8) is 0 Å². The van der Waals surface area contributed by atoms with Crippen molar-refractivity contribution in [1.29, 1.82) is 0 Å². The standard InChI is InChI=1S/C25H30FN3O3/c1-17-10-12-28(13-11-17)16-25(30)29-23(18-4-6-19(26)7-5-18)15-22(27-29)21-9-8-20(31-2)14-24(21)32-3/h4-9,14,17,23H,10-13,15-16H2,1-3H3. The van der Waals surface area contributed by atoms with Crippen LogP contribution in [0.15, 0.2) is 47.6 Å². The molecule has 4 rings (SSSR count). The SMILES string of the molecule is COc1ccc(C2=NN(C(=O)CN3CCC(C)CC3)C(c3ccc(F)cc3)C2)c(OC)c1. The van der Waals surface area contributed by atoms with E-state index in [0.717, 1.165) is 42.8 Å². The van der Waals surface area contributed by atoms with Crippen LogP contribution in [0.2, 0.25) is 0 Å². The zero-order chi connectivity index (χ0) is 22.7. The minimum Gasteiger partial charge on any atom is -0.497 e. The number of hydrogen-bond donors (Lipinski definition) is 0. The molecule has 6 nitrogen and oxygen atoms in total. The second-order valence-electron chi connectivity index (χ2n) is 8.58. The highest BCUT2D eigenvalue weighted by atomic mass is 19.1. The van der Waals surface area contributed by atoms with Gasteiger partial charge in [0.15, 0.2) is 0 Å². The monoisotopic (exact) mass is 439 g/mol. The zero-order valence-electron chi connectivity index (χ0n) is 18.9. The van der Waals surface area contributed by atoms with Crippen molar-refractivity contribution >= 4 is 11.6 Å². The minimum atomic E-state index is -0.301. The molecule has 0 saturated carbocycles. The van der Waals surface area contributed by atoms with Crippen LogP contribution in [-0.4, -0.2) is 55.4 Å². The number of carbonyl (C=O) groups excluding carboxylic acids is 1. The number of likely N-dealkylation sites (tertiary alicyclic amines) is 1. The van der Waals surface area contributed by atoms with E-state index in [1.165, 1.54) is 12.1 Å². The van der Waals surface area contributed by atoms with Gasteiger partial charge in [-0.1, -0.05) is 19.1 Å². The average molecular weight is 440 g/mol. The number of rotatable bonds is 6. The Labute approximate surface area is 188 Å². The normalized spacial score (nSPS) is 19.7. The number of carbonyl (C=O) groups is 1. The molecule has 2 aromatic rings.